The van der Waals surface area contributed by atoms with Crippen LogP contribution in [-0.4, -0.2) is 42.4 Å². The number of hydrogen-bond donors (Lipinski definition) is 1. The van der Waals surface area contributed by atoms with Gasteiger partial charge in [0.25, 0.3) is 5.89 Å². The number of hydrogen-bond acceptors (Lipinski definition) is 6. The summed E-state index contributed by atoms with van der Waals surface area (Å²) in [6, 6.07) is 13.0. The first kappa shape index (κ1) is 21.0. The summed E-state index contributed by atoms with van der Waals surface area (Å²) >= 11 is 5.87. The molecule has 0 aliphatic rings. The van der Waals surface area contributed by atoms with Gasteiger partial charge in [0.15, 0.2) is 5.82 Å². The van der Waals surface area contributed by atoms with Crippen LogP contribution in [0.4, 0.5) is 5.69 Å². The van der Waals surface area contributed by atoms with Crippen molar-refractivity contribution in [3.05, 3.63) is 59.4 Å². The van der Waals surface area contributed by atoms with E-state index in [1.807, 2.05) is 0 Å². The van der Waals surface area contributed by atoms with Gasteiger partial charge in [-0.2, -0.15) is 4.98 Å². The predicted octanol–water partition coefficient (Wildman–Crippen LogP) is 3.21. The smallest absolute Gasteiger partial charge is 0.257 e. The Labute approximate surface area is 173 Å². The van der Waals surface area contributed by atoms with Crippen molar-refractivity contribution in [2.45, 2.75) is 18.2 Å². The number of carbonyl (C=O) groups is 1. The van der Waals surface area contributed by atoms with Crippen LogP contribution in [0.2, 0.25) is 5.02 Å². The average molecular weight is 435 g/mol. The lowest BCUT2D eigenvalue weighted by Gasteiger charge is -2.16. The lowest BCUT2D eigenvalue weighted by molar-refractivity contribution is -0.114. The van der Waals surface area contributed by atoms with Crippen LogP contribution in [0.1, 0.15) is 12.7 Å². The molecule has 0 unspecified atom stereocenters. The van der Waals surface area contributed by atoms with Gasteiger partial charge >= 0.3 is 0 Å². The fourth-order valence-electron chi connectivity index (χ4n) is 2.54. The van der Waals surface area contributed by atoms with E-state index >= 15 is 0 Å². The third-order valence-corrected chi connectivity index (χ3v) is 6.22. The summed E-state index contributed by atoms with van der Waals surface area (Å²) in [4.78, 5) is 15.5. The van der Waals surface area contributed by atoms with E-state index in [2.05, 4.69) is 15.5 Å². The van der Waals surface area contributed by atoms with Gasteiger partial charge in [-0.1, -0.05) is 16.8 Å². The Morgan fingerprint density at radius 3 is 2.41 bits per heavy atom. The quantitative estimate of drug-likeness (QED) is 0.612. The van der Waals surface area contributed by atoms with Crippen molar-refractivity contribution in [2.75, 3.05) is 18.9 Å². The Morgan fingerprint density at radius 2 is 1.79 bits per heavy atom. The number of carbonyl (C=O) groups excluding carboxylic acids is 1. The fourth-order valence-corrected chi connectivity index (χ4v) is 3.83. The topological polar surface area (TPSA) is 105 Å². The molecule has 1 heterocycles. The van der Waals surface area contributed by atoms with Crippen LogP contribution in [0.25, 0.3) is 11.5 Å². The second-order valence-corrected chi connectivity index (χ2v) is 8.79. The molecule has 0 spiro atoms. The highest BCUT2D eigenvalue weighted by molar-refractivity contribution is 7.89. The van der Waals surface area contributed by atoms with Gasteiger partial charge in [-0.05, 0) is 48.5 Å². The second-order valence-electron chi connectivity index (χ2n) is 6.30. The molecule has 29 heavy (non-hydrogen) atoms. The maximum atomic E-state index is 12.7. The Balaban J connectivity index is 1.64. The van der Waals surface area contributed by atoms with Crippen LogP contribution >= 0.6 is 11.6 Å². The molecular formula is C19H19ClN4O4S. The molecule has 8 nitrogen and oxygen atoms in total. The molecule has 0 atom stereocenters. The van der Waals surface area contributed by atoms with E-state index in [1.54, 1.807) is 36.4 Å². The number of rotatable bonds is 7. The van der Waals surface area contributed by atoms with Crippen molar-refractivity contribution in [2.24, 2.45) is 0 Å². The zero-order valence-electron chi connectivity index (χ0n) is 15.8. The van der Waals surface area contributed by atoms with Crippen LogP contribution in [0.5, 0.6) is 0 Å². The van der Waals surface area contributed by atoms with E-state index in [4.69, 9.17) is 16.1 Å². The molecule has 0 saturated heterocycles. The number of halogens is 1. The number of amides is 1. The molecule has 0 aliphatic carbocycles. The maximum Gasteiger partial charge on any atom is 0.257 e. The molecule has 10 heteroatoms. The summed E-state index contributed by atoms with van der Waals surface area (Å²) in [6.45, 7) is 1.56. The number of nitrogens with one attached hydrogen (secondary N) is 1. The van der Waals surface area contributed by atoms with Gasteiger partial charge in [0.1, 0.15) is 0 Å². The Bertz CT molecular complexity index is 1100. The normalized spacial score (nSPS) is 11.6. The number of benzene rings is 2. The minimum absolute atomic E-state index is 0.129. The predicted molar refractivity (Wildman–Crippen MR) is 109 cm³/mol. The zero-order valence-corrected chi connectivity index (χ0v) is 17.4. The Kier molecular flexibility index (Phi) is 6.31. The summed E-state index contributed by atoms with van der Waals surface area (Å²) in [7, 11) is -2.20. The summed E-state index contributed by atoms with van der Waals surface area (Å²) in [6.07, 6.45) is 0.288. The summed E-state index contributed by atoms with van der Waals surface area (Å²) in [5, 5.41) is 7.10. The highest BCUT2D eigenvalue weighted by Crippen LogP contribution is 2.21. The van der Waals surface area contributed by atoms with Gasteiger partial charge in [0, 0.05) is 43.2 Å². The van der Waals surface area contributed by atoms with Crippen molar-refractivity contribution in [3.8, 4) is 11.5 Å². The third kappa shape index (κ3) is 5.20. The zero-order chi connectivity index (χ0) is 21.0. The molecule has 0 fully saturated rings. The summed E-state index contributed by atoms with van der Waals surface area (Å²) in [5.74, 6) is 0.518. The van der Waals surface area contributed by atoms with Gasteiger partial charge in [0.2, 0.25) is 15.9 Å². The number of nitrogens with zero attached hydrogens (tertiary/aromatic N) is 3. The van der Waals surface area contributed by atoms with Crippen LogP contribution in [0, 0.1) is 0 Å². The van der Waals surface area contributed by atoms with Gasteiger partial charge in [-0.3, -0.25) is 4.79 Å². The molecule has 0 saturated carbocycles. The van der Waals surface area contributed by atoms with E-state index in [0.29, 0.717) is 22.4 Å². The monoisotopic (exact) mass is 434 g/mol. The lowest BCUT2D eigenvalue weighted by Crippen LogP contribution is -2.29. The van der Waals surface area contributed by atoms with E-state index in [0.717, 1.165) is 5.56 Å². The van der Waals surface area contributed by atoms with Crippen molar-refractivity contribution in [1.82, 2.24) is 14.4 Å². The van der Waals surface area contributed by atoms with Crippen LogP contribution in [0.3, 0.4) is 0 Å². The highest BCUT2D eigenvalue weighted by Gasteiger charge is 2.21. The van der Waals surface area contributed by atoms with Crippen molar-refractivity contribution in [1.29, 1.82) is 0 Å². The molecule has 1 N–H and O–H groups in total. The van der Waals surface area contributed by atoms with Gasteiger partial charge in [-0.25, -0.2) is 12.7 Å². The van der Waals surface area contributed by atoms with Crippen molar-refractivity contribution < 1.29 is 17.7 Å². The summed E-state index contributed by atoms with van der Waals surface area (Å²) in [5.41, 5.74) is 1.26. The molecule has 3 rings (SSSR count). The highest BCUT2D eigenvalue weighted by atomic mass is 35.5. The summed E-state index contributed by atoms with van der Waals surface area (Å²) < 4.78 is 31.9. The minimum atomic E-state index is -3.68. The fraction of sp³-hybridized carbons (Fsp3) is 0.211. The van der Waals surface area contributed by atoms with Crippen LogP contribution in [-0.2, 0) is 21.2 Å². The van der Waals surface area contributed by atoms with E-state index < -0.39 is 10.0 Å². The Morgan fingerprint density at radius 1 is 1.14 bits per heavy atom. The molecule has 0 bridgehead atoms. The molecular weight excluding hydrogens is 416 g/mol. The number of aromatic nitrogens is 2. The maximum absolute atomic E-state index is 12.7. The minimum Gasteiger partial charge on any atom is -0.334 e. The first-order valence-electron chi connectivity index (χ1n) is 8.68. The molecule has 152 valence electrons. The van der Waals surface area contributed by atoms with Crippen molar-refractivity contribution in [3.63, 3.8) is 0 Å². The number of anilines is 1. The van der Waals surface area contributed by atoms with E-state index in [-0.39, 0.29) is 23.8 Å². The first-order valence-corrected chi connectivity index (χ1v) is 10.5. The molecule has 1 aromatic heterocycles. The van der Waals surface area contributed by atoms with Gasteiger partial charge < -0.3 is 9.84 Å². The standard InChI is InChI=1S/C19H19ClN4O4S/c1-13(25)21-16-7-9-17(10-8-16)29(26,27)24(2)12-11-18-22-19(28-23-18)14-3-5-15(20)6-4-14/h3-10H,11-12H2,1-2H3,(H,21,25). The lowest BCUT2D eigenvalue weighted by atomic mass is 10.2. The van der Waals surface area contributed by atoms with Gasteiger partial charge in [-0.15, -0.1) is 0 Å². The third-order valence-electron chi connectivity index (χ3n) is 4.09. The molecule has 0 aliphatic heterocycles. The first-order chi connectivity index (χ1) is 13.8. The Hall–Kier alpha value is -2.75. The van der Waals surface area contributed by atoms with Crippen molar-refractivity contribution >= 4 is 33.2 Å². The molecule has 2 aromatic carbocycles. The second kappa shape index (κ2) is 8.73. The molecule has 0 radical (unpaired) electrons. The average Bonchev–Trinajstić information content (AvgIpc) is 3.15. The van der Waals surface area contributed by atoms with E-state index in [9.17, 15) is 13.2 Å². The number of likely N-dealkylation sites (N-methyl/N-ethyl adjacent to an activating group) is 1. The SMILES string of the molecule is CC(=O)Nc1ccc(S(=O)(=O)N(C)CCc2noc(-c3ccc(Cl)cc3)n2)cc1. The largest absolute Gasteiger partial charge is 0.334 e. The van der Waals surface area contributed by atoms with Crippen LogP contribution in [0.15, 0.2) is 57.9 Å². The van der Waals surface area contributed by atoms with Gasteiger partial charge in [0.05, 0.1) is 4.90 Å². The molecule has 1 amide bonds. The van der Waals surface area contributed by atoms with Crippen LogP contribution < -0.4 is 5.32 Å². The molecule has 3 aromatic rings. The number of sulfonamides is 1. The van der Waals surface area contributed by atoms with E-state index in [1.165, 1.54) is 30.4 Å².